The number of nitrogens with zero attached hydrogens (tertiary/aromatic N) is 3. The molecule has 0 aliphatic rings. The molecule has 0 radical (unpaired) electrons. The third-order valence-electron chi connectivity index (χ3n) is 4.84. The third kappa shape index (κ3) is 3.10. The molecule has 0 aliphatic heterocycles. The summed E-state index contributed by atoms with van der Waals surface area (Å²) in [7, 11) is 0. The normalized spacial score (nSPS) is 11.6. The predicted octanol–water partition coefficient (Wildman–Crippen LogP) is 4.07. The van der Waals surface area contributed by atoms with E-state index in [1.165, 1.54) is 6.07 Å². The molecule has 5 aromatic rings. The zero-order valence-electron chi connectivity index (χ0n) is 16.0. The monoisotopic (exact) mass is 399 g/mol. The average molecular weight is 399 g/mol. The molecule has 4 aromatic heterocycles. The Bertz CT molecular complexity index is 1420. The minimum absolute atomic E-state index is 0.00462. The van der Waals surface area contributed by atoms with Gasteiger partial charge in [0.25, 0.3) is 5.56 Å². The van der Waals surface area contributed by atoms with E-state index in [2.05, 4.69) is 20.1 Å². The van der Waals surface area contributed by atoms with E-state index in [1.54, 1.807) is 23.4 Å². The number of hydrogen-bond donors (Lipinski definition) is 3. The number of nitrogens with one attached hydrogen (secondary N) is 2. The maximum absolute atomic E-state index is 11.5. The molecule has 30 heavy (non-hydrogen) atoms. The highest BCUT2D eigenvalue weighted by Gasteiger charge is 2.12. The molecule has 0 unspecified atom stereocenters. The molecule has 0 amide bonds. The fourth-order valence-electron chi connectivity index (χ4n) is 3.36. The first-order valence-corrected chi connectivity index (χ1v) is 9.26. The van der Waals surface area contributed by atoms with Gasteiger partial charge in [-0.15, -0.1) is 0 Å². The zero-order chi connectivity index (χ0) is 20.7. The Kier molecular flexibility index (Phi) is 4.10. The van der Waals surface area contributed by atoms with Crippen molar-refractivity contribution in [3.05, 3.63) is 82.6 Å². The van der Waals surface area contributed by atoms with Crippen molar-refractivity contribution < 1.29 is 9.52 Å². The number of aryl methyl sites for hydroxylation is 1. The lowest BCUT2D eigenvalue weighted by atomic mass is 10.1. The molecule has 0 spiro atoms. The van der Waals surface area contributed by atoms with Crippen LogP contribution in [0.5, 0.6) is 5.88 Å². The maximum atomic E-state index is 11.5. The van der Waals surface area contributed by atoms with Gasteiger partial charge in [0.2, 0.25) is 0 Å². The standard InChI is InChI=1S/C22H17N5O3/c1-13-9-20(28)26-27(13)16-6-4-15(5-7-16)23-12-18-17-10-14(19-3-2-8-30-19)11-24-21(17)25-22(18)29/h2-12,29H,1H3,(H,24,25)(H,26,28). The summed E-state index contributed by atoms with van der Waals surface area (Å²) in [4.78, 5) is 23.2. The maximum Gasteiger partial charge on any atom is 0.264 e. The molecule has 0 aliphatic carbocycles. The summed E-state index contributed by atoms with van der Waals surface area (Å²) >= 11 is 0. The quantitative estimate of drug-likeness (QED) is 0.396. The van der Waals surface area contributed by atoms with Crippen molar-refractivity contribution >= 4 is 22.9 Å². The lowest BCUT2D eigenvalue weighted by Gasteiger charge is -2.05. The third-order valence-corrected chi connectivity index (χ3v) is 4.84. The van der Waals surface area contributed by atoms with Crippen molar-refractivity contribution in [1.29, 1.82) is 0 Å². The molecule has 1 aromatic carbocycles. The van der Waals surface area contributed by atoms with Gasteiger partial charge in [-0.05, 0) is 49.4 Å². The largest absolute Gasteiger partial charge is 0.494 e. The molecule has 0 bridgehead atoms. The fraction of sp³-hybridized carbons (Fsp3) is 0.0455. The van der Waals surface area contributed by atoms with Gasteiger partial charge in [0.05, 0.1) is 23.2 Å². The van der Waals surface area contributed by atoms with Crippen molar-refractivity contribution in [3.63, 3.8) is 0 Å². The van der Waals surface area contributed by atoms with Crippen LogP contribution in [0.3, 0.4) is 0 Å². The van der Waals surface area contributed by atoms with Crippen LogP contribution in [0.15, 0.2) is 75.2 Å². The van der Waals surface area contributed by atoms with Crippen LogP contribution in [0.25, 0.3) is 28.0 Å². The van der Waals surface area contributed by atoms with Crippen molar-refractivity contribution in [2.45, 2.75) is 6.92 Å². The highest BCUT2D eigenvalue weighted by Crippen LogP contribution is 2.29. The Morgan fingerprint density at radius 2 is 2.03 bits per heavy atom. The summed E-state index contributed by atoms with van der Waals surface area (Å²) in [5.74, 6) is 0.692. The van der Waals surface area contributed by atoms with Crippen LogP contribution < -0.4 is 5.56 Å². The number of benzene rings is 1. The number of aromatic amines is 2. The van der Waals surface area contributed by atoms with E-state index in [4.69, 9.17) is 4.42 Å². The number of aromatic hydroxyl groups is 1. The molecule has 4 heterocycles. The summed E-state index contributed by atoms with van der Waals surface area (Å²) in [6.45, 7) is 1.86. The molecule has 148 valence electrons. The molecule has 3 N–H and O–H groups in total. The molecule has 0 saturated carbocycles. The molecule has 8 heteroatoms. The lowest BCUT2D eigenvalue weighted by molar-refractivity contribution is 0.457. The van der Waals surface area contributed by atoms with Gasteiger partial charge >= 0.3 is 0 Å². The summed E-state index contributed by atoms with van der Waals surface area (Å²) in [5.41, 5.74) is 4.12. The van der Waals surface area contributed by atoms with Crippen LogP contribution in [0.4, 0.5) is 5.69 Å². The van der Waals surface area contributed by atoms with E-state index in [1.807, 2.05) is 49.4 Å². The van der Waals surface area contributed by atoms with Gasteiger partial charge in [0.15, 0.2) is 5.88 Å². The zero-order valence-corrected chi connectivity index (χ0v) is 16.0. The number of rotatable bonds is 4. The van der Waals surface area contributed by atoms with Crippen LogP contribution in [0, 0.1) is 6.92 Å². The summed E-state index contributed by atoms with van der Waals surface area (Å²) in [5, 5.41) is 13.8. The fourth-order valence-corrected chi connectivity index (χ4v) is 3.36. The van der Waals surface area contributed by atoms with Crippen molar-refractivity contribution in [3.8, 4) is 22.9 Å². The van der Waals surface area contributed by atoms with Gasteiger partial charge < -0.3 is 14.5 Å². The second-order valence-corrected chi connectivity index (χ2v) is 6.86. The van der Waals surface area contributed by atoms with E-state index in [0.717, 1.165) is 22.3 Å². The number of aromatic nitrogens is 4. The lowest BCUT2D eigenvalue weighted by Crippen LogP contribution is -2.03. The first-order valence-electron chi connectivity index (χ1n) is 9.26. The van der Waals surface area contributed by atoms with E-state index in [9.17, 15) is 9.90 Å². The molecular formula is C22H17N5O3. The Hall–Kier alpha value is -4.33. The number of pyridine rings is 1. The second-order valence-electron chi connectivity index (χ2n) is 6.86. The van der Waals surface area contributed by atoms with Gasteiger partial charge in [-0.2, -0.15) is 0 Å². The van der Waals surface area contributed by atoms with Gasteiger partial charge in [-0.1, -0.05) is 0 Å². The Balaban J connectivity index is 1.47. The molecule has 8 nitrogen and oxygen atoms in total. The molecular weight excluding hydrogens is 382 g/mol. The predicted molar refractivity (Wildman–Crippen MR) is 114 cm³/mol. The van der Waals surface area contributed by atoms with Gasteiger partial charge in [0, 0.05) is 35.1 Å². The van der Waals surface area contributed by atoms with Crippen LogP contribution in [0.2, 0.25) is 0 Å². The van der Waals surface area contributed by atoms with Crippen molar-refractivity contribution in [1.82, 2.24) is 19.7 Å². The van der Waals surface area contributed by atoms with Crippen molar-refractivity contribution in [2.75, 3.05) is 0 Å². The number of hydrogen-bond acceptors (Lipinski definition) is 5. The van der Waals surface area contributed by atoms with Crippen LogP contribution in [-0.4, -0.2) is 31.1 Å². The molecule has 0 fully saturated rings. The highest BCUT2D eigenvalue weighted by atomic mass is 16.3. The number of H-pyrrole nitrogens is 2. The molecule has 5 rings (SSSR count). The highest BCUT2D eigenvalue weighted by molar-refractivity contribution is 6.02. The van der Waals surface area contributed by atoms with E-state index in [-0.39, 0.29) is 11.4 Å². The summed E-state index contributed by atoms with van der Waals surface area (Å²) < 4.78 is 7.14. The number of furan rings is 1. The van der Waals surface area contributed by atoms with Gasteiger partial charge in [-0.3, -0.25) is 19.6 Å². The van der Waals surface area contributed by atoms with Gasteiger partial charge in [-0.25, -0.2) is 4.98 Å². The average Bonchev–Trinajstić information content (AvgIpc) is 3.45. The second kappa shape index (κ2) is 6.93. The van der Waals surface area contributed by atoms with E-state index < -0.39 is 0 Å². The number of fused-ring (bicyclic) bond motifs is 1. The van der Waals surface area contributed by atoms with Crippen molar-refractivity contribution in [2.24, 2.45) is 4.99 Å². The Morgan fingerprint density at radius 3 is 2.73 bits per heavy atom. The number of aliphatic imine (C=N–C) groups is 1. The molecule has 0 saturated heterocycles. The first-order chi connectivity index (χ1) is 14.6. The first kappa shape index (κ1) is 17.7. The minimum atomic E-state index is -0.146. The van der Waals surface area contributed by atoms with Crippen LogP contribution >= 0.6 is 0 Å². The topological polar surface area (TPSA) is 112 Å². The summed E-state index contributed by atoms with van der Waals surface area (Å²) in [6.07, 6.45) is 4.88. The Labute approximate surface area is 170 Å². The van der Waals surface area contributed by atoms with Gasteiger partial charge in [0.1, 0.15) is 11.4 Å². The van der Waals surface area contributed by atoms with E-state index in [0.29, 0.717) is 22.7 Å². The summed E-state index contributed by atoms with van der Waals surface area (Å²) in [6, 6.07) is 14.5. The van der Waals surface area contributed by atoms with Crippen LogP contribution in [0.1, 0.15) is 11.3 Å². The Morgan fingerprint density at radius 1 is 1.20 bits per heavy atom. The molecule has 0 atom stereocenters. The smallest absolute Gasteiger partial charge is 0.264 e. The van der Waals surface area contributed by atoms with Crippen LogP contribution in [-0.2, 0) is 0 Å². The SMILES string of the molecule is Cc1cc(=O)[nH]n1-c1ccc(N=Cc2c(O)[nH]c3ncc(-c4ccco4)cc23)cc1. The minimum Gasteiger partial charge on any atom is -0.494 e. The van der Waals surface area contributed by atoms with E-state index >= 15 is 0 Å².